The first-order valence-electron chi connectivity index (χ1n) is 7.14. The summed E-state index contributed by atoms with van der Waals surface area (Å²) in [7, 11) is 1.56. The Bertz CT molecular complexity index is 757. The van der Waals surface area contributed by atoms with Crippen LogP contribution in [-0.2, 0) is 4.79 Å². The van der Waals surface area contributed by atoms with Crippen molar-refractivity contribution in [3.8, 4) is 11.5 Å². The fraction of sp³-hybridized carbons (Fsp3) is 0.235. The van der Waals surface area contributed by atoms with Gasteiger partial charge in [0.15, 0.2) is 0 Å². The number of rotatable bonds is 4. The summed E-state index contributed by atoms with van der Waals surface area (Å²) in [6, 6.07) is 6.87. The quantitative estimate of drug-likeness (QED) is 0.513. The third kappa shape index (κ3) is 3.66. The molecule has 2 rings (SSSR count). The number of hydrogen-bond donors (Lipinski definition) is 4. The summed E-state index contributed by atoms with van der Waals surface area (Å²) in [6.45, 7) is 5.09. The normalized spacial score (nSPS) is 10.3. The summed E-state index contributed by atoms with van der Waals surface area (Å²) in [5.41, 5.74) is 9.98. The SMILES string of the molecule is COc1cc(N)c(C)cc1Nc1cc(C)c(O)cc1NC(C)=O. The van der Waals surface area contributed by atoms with Gasteiger partial charge < -0.3 is 26.2 Å². The lowest BCUT2D eigenvalue weighted by molar-refractivity contribution is -0.114. The van der Waals surface area contributed by atoms with E-state index in [9.17, 15) is 9.90 Å². The van der Waals surface area contributed by atoms with E-state index in [1.807, 2.05) is 13.0 Å². The highest BCUT2D eigenvalue weighted by Crippen LogP contribution is 2.36. The van der Waals surface area contributed by atoms with Gasteiger partial charge in [-0.1, -0.05) is 0 Å². The van der Waals surface area contributed by atoms with Gasteiger partial charge in [0.25, 0.3) is 0 Å². The van der Waals surface area contributed by atoms with Crippen LogP contribution >= 0.6 is 0 Å². The fourth-order valence-corrected chi connectivity index (χ4v) is 2.21. The lowest BCUT2D eigenvalue weighted by Crippen LogP contribution is -2.08. The van der Waals surface area contributed by atoms with Crippen molar-refractivity contribution in [3.05, 3.63) is 35.4 Å². The number of nitrogen functional groups attached to an aromatic ring is 1. The largest absolute Gasteiger partial charge is 0.508 e. The van der Waals surface area contributed by atoms with E-state index in [4.69, 9.17) is 10.5 Å². The molecule has 0 radical (unpaired) electrons. The number of nitrogens with one attached hydrogen (secondary N) is 2. The predicted octanol–water partition coefficient (Wildman–Crippen LogP) is 3.30. The topological polar surface area (TPSA) is 96.6 Å². The first kappa shape index (κ1) is 16.5. The molecule has 0 heterocycles. The van der Waals surface area contributed by atoms with Gasteiger partial charge >= 0.3 is 0 Å². The maximum absolute atomic E-state index is 11.4. The molecule has 0 saturated heterocycles. The van der Waals surface area contributed by atoms with Gasteiger partial charge in [0.1, 0.15) is 11.5 Å². The second-order valence-electron chi connectivity index (χ2n) is 5.40. The van der Waals surface area contributed by atoms with E-state index in [1.54, 1.807) is 26.2 Å². The molecular weight excluding hydrogens is 294 g/mol. The van der Waals surface area contributed by atoms with Crippen LogP contribution in [0.1, 0.15) is 18.1 Å². The number of carbonyl (C=O) groups excluding carboxylic acids is 1. The third-order valence-corrected chi connectivity index (χ3v) is 3.50. The number of phenolic OH excluding ortho intramolecular Hbond substituents is 1. The highest BCUT2D eigenvalue weighted by atomic mass is 16.5. The Kier molecular flexibility index (Phi) is 4.64. The second kappa shape index (κ2) is 6.48. The smallest absolute Gasteiger partial charge is 0.221 e. The molecule has 0 spiro atoms. The van der Waals surface area contributed by atoms with Crippen molar-refractivity contribution in [2.45, 2.75) is 20.8 Å². The molecule has 6 heteroatoms. The highest BCUT2D eigenvalue weighted by molar-refractivity contribution is 5.94. The number of phenols is 1. The standard InChI is InChI=1S/C17H21N3O3/c1-9-5-15(17(23-4)7-12(9)18)20-13-6-10(2)16(22)8-14(13)19-11(3)21/h5-8,20,22H,18H2,1-4H3,(H,19,21). The Hall–Kier alpha value is -2.89. The monoisotopic (exact) mass is 315 g/mol. The van der Waals surface area contributed by atoms with Crippen molar-refractivity contribution >= 4 is 28.7 Å². The van der Waals surface area contributed by atoms with Crippen LogP contribution in [0.4, 0.5) is 22.7 Å². The fourth-order valence-electron chi connectivity index (χ4n) is 2.21. The van der Waals surface area contributed by atoms with Crippen LogP contribution in [0.5, 0.6) is 11.5 Å². The van der Waals surface area contributed by atoms with Crippen LogP contribution < -0.4 is 21.1 Å². The molecule has 0 aromatic heterocycles. The number of aromatic hydroxyl groups is 1. The van der Waals surface area contributed by atoms with E-state index in [0.29, 0.717) is 28.4 Å². The summed E-state index contributed by atoms with van der Waals surface area (Å²) < 4.78 is 5.35. The van der Waals surface area contributed by atoms with Crippen molar-refractivity contribution in [3.63, 3.8) is 0 Å². The van der Waals surface area contributed by atoms with E-state index in [1.165, 1.54) is 13.0 Å². The molecule has 122 valence electrons. The number of anilines is 4. The van der Waals surface area contributed by atoms with Gasteiger partial charge in [0, 0.05) is 24.7 Å². The van der Waals surface area contributed by atoms with Crippen LogP contribution in [0.15, 0.2) is 24.3 Å². The minimum Gasteiger partial charge on any atom is -0.508 e. The van der Waals surface area contributed by atoms with Crippen LogP contribution in [-0.4, -0.2) is 18.1 Å². The Morgan fingerprint density at radius 3 is 2.35 bits per heavy atom. The second-order valence-corrected chi connectivity index (χ2v) is 5.40. The van der Waals surface area contributed by atoms with Crippen LogP contribution in [0.2, 0.25) is 0 Å². The van der Waals surface area contributed by atoms with Gasteiger partial charge in [-0.05, 0) is 37.1 Å². The van der Waals surface area contributed by atoms with Gasteiger partial charge in [0.2, 0.25) is 5.91 Å². The van der Waals surface area contributed by atoms with Gasteiger partial charge in [-0.15, -0.1) is 0 Å². The van der Waals surface area contributed by atoms with Crippen molar-refractivity contribution in [1.82, 2.24) is 0 Å². The number of benzene rings is 2. The van der Waals surface area contributed by atoms with Crippen molar-refractivity contribution < 1.29 is 14.6 Å². The molecule has 0 aliphatic rings. The zero-order chi connectivity index (χ0) is 17.1. The Morgan fingerprint density at radius 2 is 1.74 bits per heavy atom. The Morgan fingerprint density at radius 1 is 1.09 bits per heavy atom. The van der Waals surface area contributed by atoms with Crippen LogP contribution in [0, 0.1) is 13.8 Å². The zero-order valence-corrected chi connectivity index (χ0v) is 13.7. The van der Waals surface area contributed by atoms with E-state index in [2.05, 4.69) is 10.6 Å². The first-order chi connectivity index (χ1) is 10.8. The number of carbonyl (C=O) groups is 1. The molecule has 0 saturated carbocycles. The number of methoxy groups -OCH3 is 1. The molecule has 2 aromatic rings. The molecule has 5 N–H and O–H groups in total. The minimum atomic E-state index is -0.225. The minimum absolute atomic E-state index is 0.111. The Labute approximate surface area is 135 Å². The molecule has 0 unspecified atom stereocenters. The van der Waals surface area contributed by atoms with Crippen molar-refractivity contribution in [1.29, 1.82) is 0 Å². The van der Waals surface area contributed by atoms with Gasteiger partial charge in [-0.3, -0.25) is 4.79 Å². The molecule has 0 bridgehead atoms. The Balaban J connectivity index is 2.49. The summed E-state index contributed by atoms with van der Waals surface area (Å²) in [6.07, 6.45) is 0. The average Bonchev–Trinajstić information content (AvgIpc) is 2.47. The molecule has 0 atom stereocenters. The zero-order valence-electron chi connectivity index (χ0n) is 13.7. The van der Waals surface area contributed by atoms with E-state index in [-0.39, 0.29) is 11.7 Å². The van der Waals surface area contributed by atoms with Crippen LogP contribution in [0.3, 0.4) is 0 Å². The summed E-state index contributed by atoms with van der Waals surface area (Å²) in [5.74, 6) is 0.476. The van der Waals surface area contributed by atoms with Crippen LogP contribution in [0.25, 0.3) is 0 Å². The molecule has 0 fully saturated rings. The average molecular weight is 315 g/mol. The maximum Gasteiger partial charge on any atom is 0.221 e. The molecular formula is C17H21N3O3. The molecule has 23 heavy (non-hydrogen) atoms. The molecule has 6 nitrogen and oxygen atoms in total. The molecule has 0 aliphatic carbocycles. The predicted molar refractivity (Wildman–Crippen MR) is 92.6 cm³/mol. The summed E-state index contributed by atoms with van der Waals surface area (Å²) in [5, 5.41) is 15.8. The van der Waals surface area contributed by atoms with E-state index in [0.717, 1.165) is 11.3 Å². The molecule has 2 aromatic carbocycles. The number of ether oxygens (including phenoxy) is 1. The van der Waals surface area contributed by atoms with E-state index < -0.39 is 0 Å². The number of hydrogen-bond acceptors (Lipinski definition) is 5. The lowest BCUT2D eigenvalue weighted by atomic mass is 10.1. The number of aryl methyl sites for hydroxylation is 2. The lowest BCUT2D eigenvalue weighted by Gasteiger charge is -2.17. The molecule has 0 aliphatic heterocycles. The number of nitrogens with two attached hydrogens (primary N) is 1. The number of amides is 1. The third-order valence-electron chi connectivity index (χ3n) is 3.50. The summed E-state index contributed by atoms with van der Waals surface area (Å²) in [4.78, 5) is 11.4. The molecule has 1 amide bonds. The highest BCUT2D eigenvalue weighted by Gasteiger charge is 2.12. The van der Waals surface area contributed by atoms with Crippen molar-refractivity contribution in [2.75, 3.05) is 23.5 Å². The first-order valence-corrected chi connectivity index (χ1v) is 7.14. The maximum atomic E-state index is 11.4. The van der Waals surface area contributed by atoms with Gasteiger partial charge in [-0.2, -0.15) is 0 Å². The summed E-state index contributed by atoms with van der Waals surface area (Å²) >= 11 is 0. The van der Waals surface area contributed by atoms with Gasteiger partial charge in [-0.25, -0.2) is 0 Å². The van der Waals surface area contributed by atoms with E-state index >= 15 is 0 Å². The van der Waals surface area contributed by atoms with Crippen molar-refractivity contribution in [2.24, 2.45) is 0 Å². The van der Waals surface area contributed by atoms with Gasteiger partial charge in [0.05, 0.1) is 24.2 Å².